The highest BCUT2D eigenvalue weighted by Crippen LogP contribution is 2.35. The highest BCUT2D eigenvalue weighted by molar-refractivity contribution is 5.28. The minimum absolute atomic E-state index is 0.201. The summed E-state index contributed by atoms with van der Waals surface area (Å²) >= 11 is 0. The number of hydrogen-bond acceptors (Lipinski definition) is 1. The van der Waals surface area contributed by atoms with Crippen LogP contribution in [0.3, 0.4) is 0 Å². The van der Waals surface area contributed by atoms with Crippen LogP contribution in [0.25, 0.3) is 0 Å². The zero-order chi connectivity index (χ0) is 15.3. The first-order valence-corrected chi connectivity index (χ1v) is 8.14. The first kappa shape index (κ1) is 17.2. The van der Waals surface area contributed by atoms with Gasteiger partial charge in [-0.3, -0.25) is 0 Å². The highest BCUT2D eigenvalue weighted by Gasteiger charge is 2.24. The monoisotopic (exact) mass is 276 g/mol. The van der Waals surface area contributed by atoms with Gasteiger partial charge in [0.1, 0.15) is 0 Å². The number of aliphatic hydroxyl groups is 1. The molecule has 0 saturated carbocycles. The maximum atomic E-state index is 9.64. The van der Waals surface area contributed by atoms with Gasteiger partial charge in [-0.25, -0.2) is 0 Å². The Hall–Kier alpha value is -0.820. The molecule has 1 aromatic carbocycles. The van der Waals surface area contributed by atoms with Crippen LogP contribution in [0.1, 0.15) is 77.3 Å². The molecule has 4 atom stereocenters. The molecule has 0 aliphatic carbocycles. The SMILES string of the molecule is CC[C@@H]([C@H](C)C[C@H](C)O)[C@H](C)c1cccc(C(C)C)c1. The van der Waals surface area contributed by atoms with Gasteiger partial charge in [0, 0.05) is 0 Å². The van der Waals surface area contributed by atoms with Crippen LogP contribution in [0.15, 0.2) is 24.3 Å². The lowest BCUT2D eigenvalue weighted by Crippen LogP contribution is -2.21. The highest BCUT2D eigenvalue weighted by atomic mass is 16.3. The second kappa shape index (κ2) is 7.83. The van der Waals surface area contributed by atoms with Gasteiger partial charge in [0.05, 0.1) is 6.10 Å². The second-order valence-corrected chi connectivity index (χ2v) is 6.75. The van der Waals surface area contributed by atoms with Gasteiger partial charge in [-0.1, -0.05) is 65.3 Å². The fourth-order valence-corrected chi connectivity index (χ4v) is 3.41. The molecule has 0 aliphatic heterocycles. The summed E-state index contributed by atoms with van der Waals surface area (Å²) in [6, 6.07) is 9.04. The molecule has 0 unspecified atom stereocenters. The fraction of sp³-hybridized carbons (Fsp3) is 0.684. The van der Waals surface area contributed by atoms with Crippen LogP contribution < -0.4 is 0 Å². The third-order valence-electron chi connectivity index (χ3n) is 4.66. The largest absolute Gasteiger partial charge is 0.393 e. The molecule has 1 N–H and O–H groups in total. The lowest BCUT2D eigenvalue weighted by atomic mass is 9.76. The lowest BCUT2D eigenvalue weighted by molar-refractivity contribution is 0.138. The Kier molecular flexibility index (Phi) is 6.75. The van der Waals surface area contributed by atoms with Crippen molar-refractivity contribution >= 4 is 0 Å². The number of aliphatic hydroxyl groups excluding tert-OH is 1. The van der Waals surface area contributed by atoms with Crippen LogP contribution in [0.5, 0.6) is 0 Å². The van der Waals surface area contributed by atoms with Gasteiger partial charge in [-0.2, -0.15) is 0 Å². The smallest absolute Gasteiger partial charge is 0.0514 e. The Morgan fingerprint density at radius 1 is 1.00 bits per heavy atom. The molecule has 0 spiro atoms. The van der Waals surface area contributed by atoms with Crippen LogP contribution in [0, 0.1) is 11.8 Å². The molecule has 0 fully saturated rings. The molecule has 1 aromatic rings. The van der Waals surface area contributed by atoms with Gasteiger partial charge in [0.2, 0.25) is 0 Å². The molecule has 0 bridgehead atoms. The molecule has 1 heteroatoms. The summed E-state index contributed by atoms with van der Waals surface area (Å²) in [4.78, 5) is 0. The van der Waals surface area contributed by atoms with E-state index in [-0.39, 0.29) is 6.10 Å². The minimum atomic E-state index is -0.201. The third kappa shape index (κ3) is 4.63. The van der Waals surface area contributed by atoms with E-state index in [1.807, 2.05) is 6.92 Å². The van der Waals surface area contributed by atoms with Crippen molar-refractivity contribution in [2.75, 3.05) is 0 Å². The maximum absolute atomic E-state index is 9.64. The van der Waals surface area contributed by atoms with Gasteiger partial charge in [0.25, 0.3) is 0 Å². The average molecular weight is 276 g/mol. The van der Waals surface area contributed by atoms with Gasteiger partial charge in [-0.15, -0.1) is 0 Å². The van der Waals surface area contributed by atoms with Crippen LogP contribution >= 0.6 is 0 Å². The van der Waals surface area contributed by atoms with Crippen molar-refractivity contribution in [1.82, 2.24) is 0 Å². The van der Waals surface area contributed by atoms with E-state index in [0.29, 0.717) is 23.7 Å². The van der Waals surface area contributed by atoms with E-state index in [1.54, 1.807) is 0 Å². The third-order valence-corrected chi connectivity index (χ3v) is 4.66. The lowest BCUT2D eigenvalue weighted by Gasteiger charge is -2.30. The van der Waals surface area contributed by atoms with Gasteiger partial charge in [-0.05, 0) is 48.1 Å². The molecule has 0 saturated heterocycles. The molecule has 0 heterocycles. The minimum Gasteiger partial charge on any atom is -0.393 e. The maximum Gasteiger partial charge on any atom is 0.0514 e. The Morgan fingerprint density at radius 3 is 2.10 bits per heavy atom. The van der Waals surface area contributed by atoms with Crippen LogP contribution in [0.2, 0.25) is 0 Å². The molecule has 1 rings (SSSR count). The number of rotatable bonds is 7. The molecule has 0 aromatic heterocycles. The quantitative estimate of drug-likeness (QED) is 0.712. The Morgan fingerprint density at radius 2 is 1.60 bits per heavy atom. The molecule has 0 radical (unpaired) electrons. The first-order valence-electron chi connectivity index (χ1n) is 8.14. The summed E-state index contributed by atoms with van der Waals surface area (Å²) in [5.41, 5.74) is 2.87. The molecule has 1 nitrogen and oxygen atoms in total. The fourth-order valence-electron chi connectivity index (χ4n) is 3.41. The first-order chi connectivity index (χ1) is 9.36. The van der Waals surface area contributed by atoms with Crippen molar-refractivity contribution in [2.24, 2.45) is 11.8 Å². The Balaban J connectivity index is 2.90. The zero-order valence-electron chi connectivity index (χ0n) is 14.1. The standard InChI is InChI=1S/C19H32O/c1-7-19(14(4)11-15(5)20)16(6)18-10-8-9-17(12-18)13(2)3/h8-10,12-16,19-20H,7,11H2,1-6H3/t14-,15+,16-,19+/m1/s1. The van der Waals surface area contributed by atoms with E-state index in [9.17, 15) is 5.11 Å². The molecule has 0 aliphatic rings. The summed E-state index contributed by atoms with van der Waals surface area (Å²) < 4.78 is 0. The number of hydrogen-bond donors (Lipinski definition) is 1. The van der Waals surface area contributed by atoms with E-state index >= 15 is 0 Å². The van der Waals surface area contributed by atoms with Crippen LogP contribution in [0.4, 0.5) is 0 Å². The van der Waals surface area contributed by atoms with Crippen molar-refractivity contribution in [3.05, 3.63) is 35.4 Å². The van der Waals surface area contributed by atoms with Crippen LogP contribution in [-0.2, 0) is 0 Å². The molecule has 0 amide bonds. The molecular weight excluding hydrogens is 244 g/mol. The Bertz CT molecular complexity index is 395. The molecular formula is C19H32O. The number of benzene rings is 1. The zero-order valence-corrected chi connectivity index (χ0v) is 14.1. The van der Waals surface area contributed by atoms with Gasteiger partial charge < -0.3 is 5.11 Å². The van der Waals surface area contributed by atoms with Gasteiger partial charge >= 0.3 is 0 Å². The Labute approximate surface area is 125 Å². The summed E-state index contributed by atoms with van der Waals surface area (Å²) in [7, 11) is 0. The topological polar surface area (TPSA) is 20.2 Å². The summed E-state index contributed by atoms with van der Waals surface area (Å²) in [5.74, 6) is 2.31. The molecule has 114 valence electrons. The van der Waals surface area contributed by atoms with Crippen molar-refractivity contribution in [1.29, 1.82) is 0 Å². The summed E-state index contributed by atoms with van der Waals surface area (Å²) in [5, 5.41) is 9.64. The molecule has 20 heavy (non-hydrogen) atoms. The van der Waals surface area contributed by atoms with Crippen molar-refractivity contribution in [3.8, 4) is 0 Å². The van der Waals surface area contributed by atoms with E-state index in [4.69, 9.17) is 0 Å². The summed E-state index contributed by atoms with van der Waals surface area (Å²) in [6.07, 6.45) is 1.86. The van der Waals surface area contributed by atoms with E-state index in [2.05, 4.69) is 58.9 Å². The second-order valence-electron chi connectivity index (χ2n) is 6.75. The van der Waals surface area contributed by atoms with E-state index in [0.717, 1.165) is 6.42 Å². The van der Waals surface area contributed by atoms with Gasteiger partial charge in [0.15, 0.2) is 0 Å². The van der Waals surface area contributed by atoms with E-state index in [1.165, 1.54) is 17.5 Å². The van der Waals surface area contributed by atoms with Crippen molar-refractivity contribution in [3.63, 3.8) is 0 Å². The predicted molar refractivity (Wildman–Crippen MR) is 88.2 cm³/mol. The van der Waals surface area contributed by atoms with Crippen molar-refractivity contribution < 1.29 is 5.11 Å². The average Bonchev–Trinajstić information content (AvgIpc) is 2.38. The normalized spacial score (nSPS) is 17.8. The van der Waals surface area contributed by atoms with Crippen LogP contribution in [-0.4, -0.2) is 11.2 Å². The predicted octanol–water partition coefficient (Wildman–Crippen LogP) is 5.35. The van der Waals surface area contributed by atoms with Crippen molar-refractivity contribution in [2.45, 2.75) is 72.3 Å². The van der Waals surface area contributed by atoms with E-state index < -0.39 is 0 Å². The summed E-state index contributed by atoms with van der Waals surface area (Å²) in [6.45, 7) is 13.3.